The summed E-state index contributed by atoms with van der Waals surface area (Å²) in [4.78, 5) is 15.3. The molecule has 0 N–H and O–H groups in total. The Morgan fingerprint density at radius 2 is 0.786 bits per heavy atom. The minimum atomic E-state index is 0.637. The van der Waals surface area contributed by atoms with Crippen LogP contribution in [0.1, 0.15) is 0 Å². The van der Waals surface area contributed by atoms with Crippen LogP contribution in [0.25, 0.3) is 110 Å². The van der Waals surface area contributed by atoms with Gasteiger partial charge in [0.25, 0.3) is 0 Å². The SMILES string of the molecule is c1ccc(-c2ccc(-c3nc(-c4cccc(-c5ccccc5)c4)nc(-c4ccc5c(c4)sc4ccc(-c6ccc7oc8ccccc8c7c6)cc45)n3)cc2)cc1. The average Bonchev–Trinajstić information content (AvgIpc) is 3.84. The lowest BCUT2D eigenvalue weighted by molar-refractivity contribution is 0.669. The Kier molecular flexibility index (Phi) is 7.64. The second-order valence-electron chi connectivity index (χ2n) is 14.0. The van der Waals surface area contributed by atoms with Gasteiger partial charge in [0.05, 0.1) is 0 Å². The highest BCUT2D eigenvalue weighted by atomic mass is 32.1. The molecule has 0 aliphatic heterocycles. The van der Waals surface area contributed by atoms with Crippen LogP contribution in [0.3, 0.4) is 0 Å². The lowest BCUT2D eigenvalue weighted by Crippen LogP contribution is -2.00. The zero-order chi connectivity index (χ0) is 37.0. The molecule has 3 aromatic heterocycles. The first-order valence-electron chi connectivity index (χ1n) is 18.7. The van der Waals surface area contributed by atoms with Gasteiger partial charge in [0.15, 0.2) is 17.5 Å². The fraction of sp³-hybridized carbons (Fsp3) is 0. The van der Waals surface area contributed by atoms with Crippen LogP contribution < -0.4 is 0 Å². The predicted molar refractivity (Wildman–Crippen MR) is 233 cm³/mol. The van der Waals surface area contributed by atoms with E-state index in [2.05, 4.69) is 164 Å². The molecule has 0 fully saturated rings. The second kappa shape index (κ2) is 13.3. The summed E-state index contributed by atoms with van der Waals surface area (Å²) in [6.45, 7) is 0. The fourth-order valence-corrected chi connectivity index (χ4v) is 8.80. The van der Waals surface area contributed by atoms with E-state index >= 15 is 0 Å². The van der Waals surface area contributed by atoms with Crippen LogP contribution in [-0.4, -0.2) is 15.0 Å². The largest absolute Gasteiger partial charge is 0.456 e. The molecule has 0 aliphatic rings. The molecule has 0 bridgehead atoms. The molecular formula is C51H31N3OS. The minimum Gasteiger partial charge on any atom is -0.456 e. The molecule has 56 heavy (non-hydrogen) atoms. The topological polar surface area (TPSA) is 51.8 Å². The van der Waals surface area contributed by atoms with E-state index in [0.29, 0.717) is 17.5 Å². The molecule has 0 saturated heterocycles. The molecular weight excluding hydrogens is 703 g/mol. The normalized spacial score (nSPS) is 11.6. The van der Waals surface area contributed by atoms with Gasteiger partial charge in [-0.25, -0.2) is 15.0 Å². The average molecular weight is 734 g/mol. The molecule has 11 rings (SSSR count). The van der Waals surface area contributed by atoms with E-state index in [0.717, 1.165) is 55.3 Å². The van der Waals surface area contributed by atoms with Crippen molar-refractivity contribution in [2.45, 2.75) is 0 Å². The molecule has 0 aliphatic carbocycles. The van der Waals surface area contributed by atoms with E-state index in [9.17, 15) is 0 Å². The van der Waals surface area contributed by atoms with Crippen molar-refractivity contribution in [1.82, 2.24) is 15.0 Å². The summed E-state index contributed by atoms with van der Waals surface area (Å²) in [5.74, 6) is 1.92. The van der Waals surface area contributed by atoms with Crippen molar-refractivity contribution in [1.29, 1.82) is 0 Å². The van der Waals surface area contributed by atoms with Crippen molar-refractivity contribution in [3.05, 3.63) is 188 Å². The van der Waals surface area contributed by atoms with E-state index < -0.39 is 0 Å². The summed E-state index contributed by atoms with van der Waals surface area (Å²) in [6, 6.07) is 65.8. The fourth-order valence-electron chi connectivity index (χ4n) is 7.68. The highest BCUT2D eigenvalue weighted by Crippen LogP contribution is 2.40. The van der Waals surface area contributed by atoms with Crippen LogP contribution in [0.2, 0.25) is 0 Å². The third-order valence-electron chi connectivity index (χ3n) is 10.6. The van der Waals surface area contributed by atoms with Crippen molar-refractivity contribution in [3.63, 3.8) is 0 Å². The number of thiophene rings is 1. The monoisotopic (exact) mass is 733 g/mol. The maximum atomic E-state index is 6.10. The Bertz CT molecular complexity index is 3240. The van der Waals surface area contributed by atoms with Crippen molar-refractivity contribution in [2.24, 2.45) is 0 Å². The van der Waals surface area contributed by atoms with Crippen molar-refractivity contribution in [3.8, 4) is 67.5 Å². The molecule has 3 heterocycles. The van der Waals surface area contributed by atoms with Gasteiger partial charge >= 0.3 is 0 Å². The first kappa shape index (κ1) is 32.2. The number of hydrogen-bond donors (Lipinski definition) is 0. The molecule has 0 atom stereocenters. The number of benzene rings is 8. The van der Waals surface area contributed by atoms with Gasteiger partial charge in [-0.3, -0.25) is 0 Å². The molecule has 0 saturated carbocycles. The van der Waals surface area contributed by atoms with Crippen molar-refractivity contribution < 1.29 is 4.42 Å². The van der Waals surface area contributed by atoms with Crippen LogP contribution in [0, 0.1) is 0 Å². The highest BCUT2D eigenvalue weighted by molar-refractivity contribution is 7.25. The standard InChI is InChI=1S/C51H31N3OS/c1-3-10-32(11-4-1)34-18-20-35(21-19-34)49-52-50(39-15-9-14-36(28-39)33-12-5-2-6-13-33)54-51(53-49)40-22-25-42-44-30-38(24-27-47(44)56-48(42)31-40)37-23-26-46-43(29-37)41-16-7-8-17-45(41)55-46/h1-31H. The first-order chi connectivity index (χ1) is 27.7. The quantitative estimate of drug-likeness (QED) is 0.171. The van der Waals surface area contributed by atoms with E-state index in [1.165, 1.54) is 36.9 Å². The van der Waals surface area contributed by atoms with Gasteiger partial charge in [-0.05, 0) is 75.8 Å². The van der Waals surface area contributed by atoms with Gasteiger partial charge in [-0.2, -0.15) is 0 Å². The Morgan fingerprint density at radius 3 is 1.55 bits per heavy atom. The van der Waals surface area contributed by atoms with Gasteiger partial charge in [0, 0.05) is 47.6 Å². The third kappa shape index (κ3) is 5.74. The van der Waals surface area contributed by atoms with Crippen LogP contribution >= 0.6 is 11.3 Å². The van der Waals surface area contributed by atoms with Crippen molar-refractivity contribution >= 4 is 53.4 Å². The number of rotatable bonds is 6. The van der Waals surface area contributed by atoms with E-state index in [1.54, 1.807) is 11.3 Å². The Hall–Kier alpha value is -7.21. The zero-order valence-electron chi connectivity index (χ0n) is 30.1. The lowest BCUT2D eigenvalue weighted by Gasteiger charge is -2.10. The van der Waals surface area contributed by atoms with Crippen molar-refractivity contribution in [2.75, 3.05) is 0 Å². The van der Waals surface area contributed by atoms with Gasteiger partial charge in [0.2, 0.25) is 0 Å². The minimum absolute atomic E-state index is 0.637. The number of aromatic nitrogens is 3. The number of furan rings is 1. The molecule has 262 valence electrons. The molecule has 0 amide bonds. The van der Waals surface area contributed by atoms with E-state index in [-0.39, 0.29) is 0 Å². The van der Waals surface area contributed by atoms with Crippen LogP contribution in [0.5, 0.6) is 0 Å². The van der Waals surface area contributed by atoms with E-state index in [1.807, 2.05) is 24.3 Å². The summed E-state index contributed by atoms with van der Waals surface area (Å²) >= 11 is 1.79. The summed E-state index contributed by atoms with van der Waals surface area (Å²) < 4.78 is 8.53. The first-order valence-corrected chi connectivity index (χ1v) is 19.5. The summed E-state index contributed by atoms with van der Waals surface area (Å²) in [5.41, 5.74) is 11.6. The smallest absolute Gasteiger partial charge is 0.164 e. The lowest BCUT2D eigenvalue weighted by atomic mass is 10.0. The molecule has 0 spiro atoms. The highest BCUT2D eigenvalue weighted by Gasteiger charge is 2.16. The number of nitrogens with zero attached hydrogens (tertiary/aromatic N) is 3. The molecule has 0 unspecified atom stereocenters. The molecule has 4 nitrogen and oxygen atoms in total. The summed E-state index contributed by atoms with van der Waals surface area (Å²) in [7, 11) is 0. The number of para-hydroxylation sites is 1. The third-order valence-corrected chi connectivity index (χ3v) is 11.7. The van der Waals surface area contributed by atoms with E-state index in [4.69, 9.17) is 19.4 Å². The number of fused-ring (bicyclic) bond motifs is 6. The van der Waals surface area contributed by atoms with Gasteiger partial charge in [-0.15, -0.1) is 11.3 Å². The van der Waals surface area contributed by atoms with Gasteiger partial charge < -0.3 is 4.42 Å². The zero-order valence-corrected chi connectivity index (χ0v) is 30.9. The summed E-state index contributed by atoms with van der Waals surface area (Å²) in [6.07, 6.45) is 0. The second-order valence-corrected chi connectivity index (χ2v) is 15.1. The van der Waals surface area contributed by atoms with Crippen LogP contribution in [0.4, 0.5) is 0 Å². The van der Waals surface area contributed by atoms with Gasteiger partial charge in [0.1, 0.15) is 11.2 Å². The van der Waals surface area contributed by atoms with Crippen LogP contribution in [-0.2, 0) is 0 Å². The predicted octanol–water partition coefficient (Wildman–Crippen LogP) is 14.1. The van der Waals surface area contributed by atoms with Gasteiger partial charge in [-0.1, -0.05) is 146 Å². The maximum absolute atomic E-state index is 6.10. The molecule has 8 aromatic carbocycles. The summed E-state index contributed by atoms with van der Waals surface area (Å²) in [5, 5.41) is 4.72. The Balaban J connectivity index is 1.01. The Labute approximate surface area is 327 Å². The van der Waals surface area contributed by atoms with Crippen LogP contribution in [0.15, 0.2) is 192 Å². The molecule has 11 aromatic rings. The molecule has 5 heteroatoms. The number of hydrogen-bond acceptors (Lipinski definition) is 5. The molecule has 0 radical (unpaired) electrons. The maximum Gasteiger partial charge on any atom is 0.164 e. The Morgan fingerprint density at radius 1 is 0.286 bits per heavy atom.